The van der Waals surface area contributed by atoms with Crippen LogP contribution in [0, 0.1) is 24.6 Å². The van der Waals surface area contributed by atoms with Gasteiger partial charge in [-0.15, -0.1) is 11.3 Å². The van der Waals surface area contributed by atoms with Gasteiger partial charge in [-0.1, -0.05) is 6.92 Å². The SMILES string of the molecule is Cc1nc(-c2ccc(F)cc2)sc1C(=O)N1CCC([C@@H](C)C(=O)NCCN2CCOCC2)CC1. The first-order valence-corrected chi connectivity index (χ1v) is 12.8. The second-order valence-electron chi connectivity index (χ2n) is 9.10. The fourth-order valence-corrected chi connectivity index (χ4v) is 5.63. The smallest absolute Gasteiger partial charge is 0.265 e. The first kappa shape index (κ1) is 24.8. The highest BCUT2D eigenvalue weighted by molar-refractivity contribution is 7.17. The van der Waals surface area contributed by atoms with E-state index in [4.69, 9.17) is 4.74 Å². The molecule has 1 atom stereocenters. The summed E-state index contributed by atoms with van der Waals surface area (Å²) in [4.78, 5) is 35.2. The molecule has 2 aliphatic heterocycles. The number of carbonyl (C=O) groups is 2. The third-order valence-corrected chi connectivity index (χ3v) is 8.05. The molecule has 2 amide bonds. The lowest BCUT2D eigenvalue weighted by Gasteiger charge is -2.34. The molecule has 1 N–H and O–H groups in total. The van der Waals surface area contributed by atoms with Crippen molar-refractivity contribution in [2.24, 2.45) is 11.8 Å². The Balaban J connectivity index is 1.26. The highest BCUT2D eigenvalue weighted by Gasteiger charge is 2.31. The van der Waals surface area contributed by atoms with E-state index in [1.807, 2.05) is 18.7 Å². The Labute approximate surface area is 204 Å². The van der Waals surface area contributed by atoms with E-state index >= 15 is 0 Å². The molecule has 2 fully saturated rings. The number of thiazole rings is 1. The van der Waals surface area contributed by atoms with Gasteiger partial charge in [-0.3, -0.25) is 14.5 Å². The van der Waals surface area contributed by atoms with Crippen LogP contribution in [0.3, 0.4) is 0 Å². The van der Waals surface area contributed by atoms with Crippen LogP contribution in [0.15, 0.2) is 24.3 Å². The van der Waals surface area contributed by atoms with Gasteiger partial charge >= 0.3 is 0 Å². The molecule has 0 radical (unpaired) electrons. The summed E-state index contributed by atoms with van der Waals surface area (Å²) >= 11 is 1.35. The topological polar surface area (TPSA) is 74.8 Å². The fourth-order valence-electron chi connectivity index (χ4n) is 4.59. The standard InChI is InChI=1S/C25H33FN4O3S/c1-17(23(31)27-9-12-29-13-15-33-16-14-29)19-7-10-30(11-8-19)25(32)22-18(2)28-24(34-22)20-3-5-21(26)6-4-20/h3-6,17,19H,7-16H2,1-2H3,(H,27,31)/t17-/m1/s1. The van der Waals surface area contributed by atoms with Crippen molar-refractivity contribution in [1.82, 2.24) is 20.1 Å². The van der Waals surface area contributed by atoms with Crippen LogP contribution in [-0.2, 0) is 9.53 Å². The molecule has 0 aliphatic carbocycles. The number of carbonyl (C=O) groups excluding carboxylic acids is 2. The number of hydrogen-bond acceptors (Lipinski definition) is 6. The van der Waals surface area contributed by atoms with Gasteiger partial charge in [0, 0.05) is 50.7 Å². The zero-order chi connectivity index (χ0) is 24.1. The molecule has 0 spiro atoms. The van der Waals surface area contributed by atoms with Crippen LogP contribution in [0.2, 0.25) is 0 Å². The summed E-state index contributed by atoms with van der Waals surface area (Å²) in [6.07, 6.45) is 1.62. The Morgan fingerprint density at radius 2 is 1.85 bits per heavy atom. The number of benzene rings is 1. The van der Waals surface area contributed by atoms with Gasteiger partial charge in [0.2, 0.25) is 5.91 Å². The maximum Gasteiger partial charge on any atom is 0.265 e. The van der Waals surface area contributed by atoms with Gasteiger partial charge in [-0.25, -0.2) is 9.37 Å². The van der Waals surface area contributed by atoms with Crippen molar-refractivity contribution in [3.05, 3.63) is 40.7 Å². The Kier molecular flexibility index (Phi) is 8.28. The minimum absolute atomic E-state index is 0.00979. The maximum atomic E-state index is 13.2. The molecule has 0 unspecified atom stereocenters. The molecule has 1 aromatic heterocycles. The van der Waals surface area contributed by atoms with Crippen molar-refractivity contribution in [2.45, 2.75) is 26.7 Å². The first-order chi connectivity index (χ1) is 16.4. The van der Waals surface area contributed by atoms with Crippen LogP contribution in [0.4, 0.5) is 4.39 Å². The Hall–Kier alpha value is -2.36. The highest BCUT2D eigenvalue weighted by Crippen LogP contribution is 2.31. The number of nitrogens with zero attached hydrogens (tertiary/aromatic N) is 3. The monoisotopic (exact) mass is 488 g/mol. The van der Waals surface area contributed by atoms with E-state index in [2.05, 4.69) is 15.2 Å². The van der Waals surface area contributed by atoms with Crippen LogP contribution >= 0.6 is 11.3 Å². The van der Waals surface area contributed by atoms with Gasteiger partial charge in [0.1, 0.15) is 15.7 Å². The number of halogens is 1. The van der Waals surface area contributed by atoms with Gasteiger partial charge in [-0.2, -0.15) is 0 Å². The zero-order valence-electron chi connectivity index (χ0n) is 19.9. The van der Waals surface area contributed by atoms with Crippen molar-refractivity contribution in [3.8, 4) is 10.6 Å². The van der Waals surface area contributed by atoms with E-state index in [0.717, 1.165) is 56.3 Å². The third-order valence-electron chi connectivity index (χ3n) is 6.86. The fraction of sp³-hybridized carbons (Fsp3) is 0.560. The molecule has 9 heteroatoms. The molecule has 1 aromatic carbocycles. The summed E-state index contributed by atoms with van der Waals surface area (Å²) in [5, 5.41) is 3.80. The lowest BCUT2D eigenvalue weighted by atomic mass is 9.85. The Morgan fingerprint density at radius 1 is 1.18 bits per heavy atom. The maximum absolute atomic E-state index is 13.2. The summed E-state index contributed by atoms with van der Waals surface area (Å²) < 4.78 is 18.6. The second-order valence-corrected chi connectivity index (χ2v) is 10.1. The van der Waals surface area contributed by atoms with Gasteiger partial charge < -0.3 is 15.0 Å². The largest absolute Gasteiger partial charge is 0.379 e. The highest BCUT2D eigenvalue weighted by atomic mass is 32.1. The average molecular weight is 489 g/mol. The quantitative estimate of drug-likeness (QED) is 0.648. The van der Waals surface area contributed by atoms with Crippen molar-refractivity contribution in [2.75, 3.05) is 52.5 Å². The van der Waals surface area contributed by atoms with E-state index in [1.54, 1.807) is 12.1 Å². The number of piperidine rings is 1. The second kappa shape index (κ2) is 11.4. The first-order valence-electron chi connectivity index (χ1n) is 12.0. The van der Waals surface area contributed by atoms with Crippen LogP contribution in [0.25, 0.3) is 10.6 Å². The van der Waals surface area contributed by atoms with Crippen molar-refractivity contribution in [3.63, 3.8) is 0 Å². The lowest BCUT2D eigenvalue weighted by molar-refractivity contribution is -0.126. The van der Waals surface area contributed by atoms with E-state index < -0.39 is 0 Å². The molecule has 184 valence electrons. The van der Waals surface area contributed by atoms with Crippen molar-refractivity contribution >= 4 is 23.2 Å². The molecule has 0 bridgehead atoms. The number of rotatable bonds is 7. The van der Waals surface area contributed by atoms with Crippen molar-refractivity contribution < 1.29 is 18.7 Å². The molecule has 2 aromatic rings. The van der Waals surface area contributed by atoms with Crippen LogP contribution in [-0.4, -0.2) is 79.1 Å². The summed E-state index contributed by atoms with van der Waals surface area (Å²) in [5.74, 6) is -0.0113. The van der Waals surface area contributed by atoms with E-state index in [-0.39, 0.29) is 29.5 Å². The predicted octanol–water partition coefficient (Wildman–Crippen LogP) is 3.19. The van der Waals surface area contributed by atoms with E-state index in [0.29, 0.717) is 30.2 Å². The summed E-state index contributed by atoms with van der Waals surface area (Å²) in [6.45, 7) is 9.97. The summed E-state index contributed by atoms with van der Waals surface area (Å²) in [7, 11) is 0. The Bertz CT molecular complexity index is 983. The number of aryl methyl sites for hydroxylation is 1. The molecule has 7 nitrogen and oxygen atoms in total. The van der Waals surface area contributed by atoms with Crippen LogP contribution in [0.1, 0.15) is 35.1 Å². The number of amides is 2. The normalized spacial score (nSPS) is 18.6. The van der Waals surface area contributed by atoms with Gasteiger partial charge in [0.15, 0.2) is 0 Å². The number of aromatic nitrogens is 1. The molecular weight excluding hydrogens is 455 g/mol. The molecular formula is C25H33FN4O3S. The minimum Gasteiger partial charge on any atom is -0.379 e. The number of ether oxygens (including phenoxy) is 1. The average Bonchev–Trinajstić information content (AvgIpc) is 3.25. The summed E-state index contributed by atoms with van der Waals surface area (Å²) in [5.41, 5.74) is 1.50. The molecule has 3 heterocycles. The molecule has 4 rings (SSSR count). The van der Waals surface area contributed by atoms with Crippen LogP contribution < -0.4 is 5.32 Å². The van der Waals surface area contributed by atoms with Gasteiger partial charge in [-0.05, 0) is 49.9 Å². The number of nitrogens with one attached hydrogen (secondary N) is 1. The Morgan fingerprint density at radius 3 is 2.53 bits per heavy atom. The van der Waals surface area contributed by atoms with Crippen LogP contribution in [0.5, 0.6) is 0 Å². The number of morpholine rings is 1. The molecule has 2 saturated heterocycles. The molecule has 34 heavy (non-hydrogen) atoms. The minimum atomic E-state index is -0.295. The van der Waals surface area contributed by atoms with E-state index in [9.17, 15) is 14.0 Å². The van der Waals surface area contributed by atoms with E-state index in [1.165, 1.54) is 23.5 Å². The lowest BCUT2D eigenvalue weighted by Crippen LogP contribution is -2.45. The number of likely N-dealkylation sites (tertiary alicyclic amines) is 1. The predicted molar refractivity (Wildman–Crippen MR) is 130 cm³/mol. The van der Waals surface area contributed by atoms with Gasteiger partial charge in [0.25, 0.3) is 5.91 Å². The van der Waals surface area contributed by atoms with Crippen molar-refractivity contribution in [1.29, 1.82) is 0 Å². The zero-order valence-corrected chi connectivity index (χ0v) is 20.7. The van der Waals surface area contributed by atoms with Gasteiger partial charge in [0.05, 0.1) is 18.9 Å². The molecule has 0 saturated carbocycles. The molecule has 2 aliphatic rings. The third kappa shape index (κ3) is 6.00. The number of hydrogen-bond donors (Lipinski definition) is 1. The summed E-state index contributed by atoms with van der Waals surface area (Å²) in [6, 6.07) is 6.16.